The van der Waals surface area contributed by atoms with E-state index in [0.717, 1.165) is 94.2 Å². The second kappa shape index (κ2) is 68.9. The Morgan fingerprint density at radius 3 is 0.517 bits per heavy atom. The standard InChI is InChI=1S/C15H30.C12H24.C11H22.2C10H21N.2C10H20.2C9H19N.9C2H6/c1-13(2,3)15(14(4,5)6)11-9-7-8-10-12-15;1-10(2)12(11(3)4)8-6-5-7-9-12;1-9(2)11(10(3)4)7-5-6-8-11;1-8(2)10(9(3)4)5-6-11-7-10;1-8(2)10(9(3)4)6-5-7-11-10;1-8(2)10(6-7-10)9(3,4)5;1-8(2)10(9(3)4)6-5-7-10;1-7(2)9(8(3)4)5-10-6-9;1-7(2)9(8(3)4)5-6-10-9;9*1-2/h7-12H2,1-6H3;10-11H,5-9H2,1-4H3;9-10H,5-8H2,1-4H3;2*8-9,11H,5-7H2,1-4H3;8H,6-7H2,1-5H3;8-9H,5-7H2,1-4H3;2*7-8,10H,5-6H2,1-4H3;9*1-2H3. The van der Waals surface area contributed by atoms with Crippen LogP contribution in [0.1, 0.15) is 549 Å². The normalized spacial score (nSPS) is 20.3. The minimum Gasteiger partial charge on any atom is -0.316 e. The zero-order chi connectivity index (χ0) is 95.7. The van der Waals surface area contributed by atoms with Crippen molar-refractivity contribution in [3.05, 3.63) is 0 Å². The van der Waals surface area contributed by atoms with Gasteiger partial charge < -0.3 is 21.3 Å². The van der Waals surface area contributed by atoms with Crippen molar-refractivity contribution in [3.8, 4) is 0 Å². The van der Waals surface area contributed by atoms with Gasteiger partial charge in [0.15, 0.2) is 0 Å². The van der Waals surface area contributed by atoms with Crippen LogP contribution in [0.3, 0.4) is 0 Å². The lowest BCUT2D eigenvalue weighted by Gasteiger charge is -2.54. The van der Waals surface area contributed by atoms with E-state index in [-0.39, 0.29) is 0 Å². The van der Waals surface area contributed by atoms with Crippen molar-refractivity contribution < 1.29 is 0 Å². The molecule has 0 unspecified atom stereocenters. The summed E-state index contributed by atoms with van der Waals surface area (Å²) < 4.78 is 0. The molecule has 9 fully saturated rings. The van der Waals surface area contributed by atoms with Crippen LogP contribution in [-0.2, 0) is 0 Å². The number of hydrogen-bond acceptors (Lipinski definition) is 4. The Hall–Kier alpha value is -0.160. The molecular formula is C114H250N4. The van der Waals surface area contributed by atoms with E-state index in [9.17, 15) is 0 Å². The summed E-state index contributed by atoms with van der Waals surface area (Å²) in [6.45, 7) is 136. The van der Waals surface area contributed by atoms with Crippen LogP contribution in [0.25, 0.3) is 0 Å². The Balaban J connectivity index is -0.000000158. The molecule has 4 saturated heterocycles. The minimum atomic E-state index is 0.440. The fourth-order valence-electron chi connectivity index (χ4n) is 23.4. The molecule has 4 N–H and O–H groups in total. The fourth-order valence-corrected chi connectivity index (χ4v) is 23.4. The molecule has 0 aromatic carbocycles. The summed E-state index contributed by atoms with van der Waals surface area (Å²) in [5.41, 5.74) is 6.84. The van der Waals surface area contributed by atoms with E-state index in [2.05, 4.69) is 291 Å². The Morgan fingerprint density at radius 2 is 0.415 bits per heavy atom. The van der Waals surface area contributed by atoms with Gasteiger partial charge in [-0.15, -0.1) is 0 Å². The molecule has 4 heteroatoms. The van der Waals surface area contributed by atoms with Gasteiger partial charge in [-0.25, -0.2) is 0 Å². The molecule has 9 aliphatic rings. The lowest BCUT2D eigenvalue weighted by molar-refractivity contribution is -0.0462. The van der Waals surface area contributed by atoms with Gasteiger partial charge in [-0.2, -0.15) is 0 Å². The molecule has 0 radical (unpaired) electrons. The third kappa shape index (κ3) is 40.7. The van der Waals surface area contributed by atoms with Crippen LogP contribution in [0.5, 0.6) is 0 Å². The first-order valence-electron chi connectivity index (χ1n) is 53.7. The van der Waals surface area contributed by atoms with Crippen LogP contribution in [0.15, 0.2) is 0 Å². The van der Waals surface area contributed by atoms with Crippen LogP contribution in [0, 0.1) is 143 Å². The van der Waals surface area contributed by atoms with Gasteiger partial charge in [0, 0.05) is 30.7 Å². The predicted molar refractivity (Wildman–Crippen MR) is 558 cm³/mol. The highest BCUT2D eigenvalue weighted by atomic mass is 15.1. The first-order chi connectivity index (χ1) is 54.8. The zero-order valence-electron chi connectivity index (χ0n) is 94.9. The molecule has 0 aromatic rings. The second-order valence-corrected chi connectivity index (χ2v) is 43.8. The van der Waals surface area contributed by atoms with Gasteiger partial charge >= 0.3 is 0 Å². The van der Waals surface area contributed by atoms with Crippen molar-refractivity contribution in [2.24, 2.45) is 143 Å². The number of nitrogens with one attached hydrogen (secondary N) is 4. The van der Waals surface area contributed by atoms with Crippen molar-refractivity contribution >= 4 is 0 Å². The van der Waals surface area contributed by atoms with Gasteiger partial charge in [0.25, 0.3) is 0 Å². The maximum absolute atomic E-state index is 3.67. The Bertz CT molecular complexity index is 1840. The predicted octanol–water partition coefficient (Wildman–Crippen LogP) is 38.3. The highest BCUT2D eigenvalue weighted by Crippen LogP contribution is 2.63. The van der Waals surface area contributed by atoms with E-state index in [4.69, 9.17) is 0 Å². The van der Waals surface area contributed by atoms with Crippen molar-refractivity contribution in [2.45, 2.75) is 560 Å². The largest absolute Gasteiger partial charge is 0.316 e. The summed E-state index contributed by atoms with van der Waals surface area (Å²) in [7, 11) is 0. The highest BCUT2D eigenvalue weighted by molar-refractivity contribution is 5.05. The van der Waals surface area contributed by atoms with Crippen molar-refractivity contribution in [3.63, 3.8) is 0 Å². The summed E-state index contributed by atoms with van der Waals surface area (Å²) in [6.07, 6.45) is 34.7. The third-order valence-corrected chi connectivity index (χ3v) is 32.8. The minimum absolute atomic E-state index is 0.440. The van der Waals surface area contributed by atoms with Gasteiger partial charge in [0.05, 0.1) is 0 Å². The number of hydrogen-bond donors (Lipinski definition) is 4. The lowest BCUT2D eigenvalue weighted by Crippen LogP contribution is -2.63. The molecule has 0 spiro atoms. The van der Waals surface area contributed by atoms with Gasteiger partial charge in [0.1, 0.15) is 0 Å². The monoisotopic (exact) mass is 1680 g/mol. The Kier molecular flexibility index (Phi) is 79.3. The summed E-state index contributed by atoms with van der Waals surface area (Å²) in [5, 5.41) is 14.1. The molecule has 118 heavy (non-hydrogen) atoms. The molecular weight excluding hydrogens is 1430 g/mol. The Morgan fingerprint density at radius 1 is 0.178 bits per heavy atom. The van der Waals surface area contributed by atoms with Crippen LogP contribution in [0.4, 0.5) is 0 Å². The summed E-state index contributed by atoms with van der Waals surface area (Å²) in [5.74, 6) is 12.5. The average molecular weight is 1680 g/mol. The van der Waals surface area contributed by atoms with Crippen LogP contribution in [-0.4, -0.2) is 50.3 Å². The van der Waals surface area contributed by atoms with E-state index in [0.29, 0.717) is 59.8 Å². The first-order valence-corrected chi connectivity index (χ1v) is 53.7. The quantitative estimate of drug-likeness (QED) is 0.123. The molecule has 0 bridgehead atoms. The molecule has 0 amide bonds. The zero-order valence-corrected chi connectivity index (χ0v) is 94.9. The molecule has 0 aromatic heterocycles. The molecule has 9 rings (SSSR count). The smallest absolute Gasteiger partial charge is 0.0239 e. The number of rotatable bonds is 15. The summed E-state index contributed by atoms with van der Waals surface area (Å²) in [4.78, 5) is 0. The van der Waals surface area contributed by atoms with E-state index >= 15 is 0 Å². The summed E-state index contributed by atoms with van der Waals surface area (Å²) >= 11 is 0. The lowest BCUT2D eigenvalue weighted by atomic mass is 9.51. The molecule has 5 saturated carbocycles. The highest BCUT2D eigenvalue weighted by Gasteiger charge is 2.54. The van der Waals surface area contributed by atoms with E-state index < -0.39 is 0 Å². The fraction of sp³-hybridized carbons (Fsp3) is 1.00. The molecule has 726 valence electrons. The van der Waals surface area contributed by atoms with Crippen molar-refractivity contribution in [1.82, 2.24) is 21.3 Å². The SMILES string of the molecule is CC.CC.CC.CC.CC.CC.CC.CC.CC.CC(C)(C)C1(C(C)(C)C)CCCCCC1.CC(C)C1(C(C)(C)C)CC1.CC(C)C1(C(C)C)CCC1.CC(C)C1(C(C)C)CCCC1.CC(C)C1(C(C)C)CCCCC1.CC(C)C1(C(C)C)CCCN1.CC(C)C1(C(C)C)CCN1.CC(C)C1(C(C)C)CCNC1.CC(C)C1(C(C)C)CNC1. The van der Waals surface area contributed by atoms with Crippen LogP contribution >= 0.6 is 0 Å². The van der Waals surface area contributed by atoms with Crippen LogP contribution < -0.4 is 21.3 Å². The second-order valence-electron chi connectivity index (χ2n) is 43.8. The van der Waals surface area contributed by atoms with Crippen molar-refractivity contribution in [2.75, 3.05) is 39.3 Å². The van der Waals surface area contributed by atoms with E-state index in [1.54, 1.807) is 0 Å². The molecule has 5 aliphatic carbocycles. The Labute approximate surface area is 758 Å². The van der Waals surface area contributed by atoms with Gasteiger partial charge in [-0.3, -0.25) is 0 Å². The van der Waals surface area contributed by atoms with E-state index in [1.165, 1.54) is 193 Å². The van der Waals surface area contributed by atoms with Gasteiger partial charge in [-0.05, 0) is 252 Å². The first kappa shape index (κ1) is 136. The molecule has 4 aliphatic heterocycles. The van der Waals surface area contributed by atoms with Gasteiger partial charge in [-0.1, -0.05) is 459 Å². The van der Waals surface area contributed by atoms with E-state index in [1.807, 2.05) is 125 Å². The maximum Gasteiger partial charge on any atom is 0.0239 e. The van der Waals surface area contributed by atoms with Crippen LogP contribution in [0.2, 0.25) is 0 Å². The third-order valence-electron chi connectivity index (χ3n) is 32.8. The molecule has 0 atom stereocenters. The summed E-state index contributed by atoms with van der Waals surface area (Å²) in [6, 6.07) is 0. The topological polar surface area (TPSA) is 48.1 Å². The molecule has 4 heterocycles. The maximum atomic E-state index is 3.67. The van der Waals surface area contributed by atoms with Gasteiger partial charge in [0.2, 0.25) is 0 Å². The van der Waals surface area contributed by atoms with Crippen molar-refractivity contribution in [1.29, 1.82) is 0 Å². The average Bonchev–Trinajstić information content (AvgIpc) is 1.46. The molecule has 4 nitrogen and oxygen atoms in total.